The number of hydrogen-bond donors (Lipinski definition) is 1. The van der Waals surface area contributed by atoms with E-state index in [1.807, 2.05) is 30.3 Å². The van der Waals surface area contributed by atoms with Crippen molar-refractivity contribution in [1.82, 2.24) is 4.98 Å². The van der Waals surface area contributed by atoms with E-state index in [0.717, 1.165) is 16.5 Å². The molecule has 0 unspecified atom stereocenters. The summed E-state index contributed by atoms with van der Waals surface area (Å²) in [5.41, 5.74) is 1.68. The van der Waals surface area contributed by atoms with E-state index < -0.39 is 5.97 Å². The van der Waals surface area contributed by atoms with Gasteiger partial charge in [-0.15, -0.1) is 0 Å². The molecule has 2 aromatic rings. The first-order valence-electron chi connectivity index (χ1n) is 5.35. The molecule has 17 heavy (non-hydrogen) atoms. The minimum absolute atomic E-state index is 0.0797. The summed E-state index contributed by atoms with van der Waals surface area (Å²) < 4.78 is 5.18. The van der Waals surface area contributed by atoms with Gasteiger partial charge in [0.2, 0.25) is 5.88 Å². The van der Waals surface area contributed by atoms with Crippen LogP contribution < -0.4 is 4.74 Å². The number of benzene rings is 1. The average Bonchev–Trinajstić information content (AvgIpc) is 2.35. The number of aryl methyl sites for hydroxylation is 1. The van der Waals surface area contributed by atoms with E-state index in [1.165, 1.54) is 0 Å². The van der Waals surface area contributed by atoms with Crippen molar-refractivity contribution in [2.24, 2.45) is 0 Å². The van der Waals surface area contributed by atoms with Crippen LogP contribution in [-0.2, 0) is 11.2 Å². The quantitative estimate of drug-likeness (QED) is 0.876. The average molecular weight is 231 g/mol. The van der Waals surface area contributed by atoms with Crippen LogP contribution in [0, 0.1) is 0 Å². The largest absolute Gasteiger partial charge is 0.481 e. The van der Waals surface area contributed by atoms with Crippen molar-refractivity contribution < 1.29 is 14.6 Å². The number of aromatic nitrogens is 1. The zero-order valence-corrected chi connectivity index (χ0v) is 9.51. The number of carboxylic acid groups (broad SMARTS) is 1. The summed E-state index contributed by atoms with van der Waals surface area (Å²) in [4.78, 5) is 14.9. The zero-order valence-electron chi connectivity index (χ0n) is 9.51. The van der Waals surface area contributed by atoms with E-state index in [4.69, 9.17) is 9.84 Å². The molecule has 0 fully saturated rings. The van der Waals surface area contributed by atoms with Gasteiger partial charge in [-0.3, -0.25) is 4.79 Å². The number of nitrogens with zero attached hydrogens (tertiary/aromatic N) is 1. The Morgan fingerprint density at radius 2 is 2.18 bits per heavy atom. The second kappa shape index (κ2) is 4.82. The second-order valence-electron chi connectivity index (χ2n) is 3.74. The molecule has 1 N–H and O–H groups in total. The van der Waals surface area contributed by atoms with Gasteiger partial charge in [0, 0.05) is 17.4 Å². The van der Waals surface area contributed by atoms with Crippen molar-refractivity contribution in [3.8, 4) is 5.88 Å². The molecule has 0 atom stereocenters. The zero-order chi connectivity index (χ0) is 12.3. The highest BCUT2D eigenvalue weighted by molar-refractivity contribution is 5.80. The number of carboxylic acids is 1. The maximum Gasteiger partial charge on any atom is 0.303 e. The number of aliphatic carboxylic acids is 1. The van der Waals surface area contributed by atoms with E-state index in [-0.39, 0.29) is 6.42 Å². The number of fused-ring (bicyclic) bond motifs is 1. The molecular weight excluding hydrogens is 218 g/mol. The third-order valence-electron chi connectivity index (χ3n) is 2.56. The molecule has 0 amide bonds. The van der Waals surface area contributed by atoms with E-state index >= 15 is 0 Å². The van der Waals surface area contributed by atoms with Gasteiger partial charge in [-0.1, -0.05) is 18.2 Å². The molecule has 4 nitrogen and oxygen atoms in total. The molecule has 0 saturated heterocycles. The minimum Gasteiger partial charge on any atom is -0.481 e. The summed E-state index contributed by atoms with van der Waals surface area (Å²) in [7, 11) is 1.54. The SMILES string of the molecule is COc1nc2ccccc2cc1CCC(=O)O. The molecule has 0 aliphatic heterocycles. The number of methoxy groups -OCH3 is 1. The lowest BCUT2D eigenvalue weighted by atomic mass is 10.1. The first kappa shape index (κ1) is 11.4. The fourth-order valence-corrected chi connectivity index (χ4v) is 1.74. The van der Waals surface area contributed by atoms with Gasteiger partial charge in [0.1, 0.15) is 0 Å². The van der Waals surface area contributed by atoms with Crippen LogP contribution in [-0.4, -0.2) is 23.2 Å². The molecule has 1 aromatic carbocycles. The fraction of sp³-hybridized carbons (Fsp3) is 0.231. The Bertz CT molecular complexity index is 551. The van der Waals surface area contributed by atoms with E-state index in [0.29, 0.717) is 12.3 Å². The van der Waals surface area contributed by atoms with E-state index in [1.54, 1.807) is 7.11 Å². The maximum atomic E-state index is 10.6. The van der Waals surface area contributed by atoms with Crippen molar-refractivity contribution in [2.75, 3.05) is 7.11 Å². The molecule has 0 saturated carbocycles. The topological polar surface area (TPSA) is 59.4 Å². The number of rotatable bonds is 4. The minimum atomic E-state index is -0.819. The van der Waals surface area contributed by atoms with Gasteiger partial charge in [0.05, 0.1) is 12.6 Å². The number of para-hydroxylation sites is 1. The van der Waals surface area contributed by atoms with Crippen LogP contribution in [0.15, 0.2) is 30.3 Å². The molecule has 1 heterocycles. The van der Waals surface area contributed by atoms with Gasteiger partial charge in [-0.2, -0.15) is 0 Å². The Hall–Kier alpha value is -2.10. The van der Waals surface area contributed by atoms with Crippen molar-refractivity contribution >= 4 is 16.9 Å². The number of carbonyl (C=O) groups is 1. The van der Waals surface area contributed by atoms with E-state index in [2.05, 4.69) is 4.98 Å². The second-order valence-corrected chi connectivity index (χ2v) is 3.74. The Balaban J connectivity index is 2.41. The van der Waals surface area contributed by atoms with Crippen molar-refractivity contribution in [2.45, 2.75) is 12.8 Å². The summed E-state index contributed by atoms with van der Waals surface area (Å²) in [6.07, 6.45) is 0.507. The smallest absolute Gasteiger partial charge is 0.303 e. The van der Waals surface area contributed by atoms with Crippen LogP contribution in [0.4, 0.5) is 0 Å². The number of pyridine rings is 1. The summed E-state index contributed by atoms with van der Waals surface area (Å²) in [6.45, 7) is 0. The summed E-state index contributed by atoms with van der Waals surface area (Å²) in [5.74, 6) is -0.315. The Kier molecular flexibility index (Phi) is 3.23. The lowest BCUT2D eigenvalue weighted by Gasteiger charge is -2.08. The molecule has 88 valence electrons. The predicted molar refractivity (Wildman–Crippen MR) is 64.3 cm³/mol. The van der Waals surface area contributed by atoms with Gasteiger partial charge in [0.25, 0.3) is 0 Å². The number of ether oxygens (including phenoxy) is 1. The molecule has 2 rings (SSSR count). The van der Waals surface area contributed by atoms with Crippen molar-refractivity contribution in [1.29, 1.82) is 0 Å². The van der Waals surface area contributed by atoms with Crippen LogP contribution in [0.1, 0.15) is 12.0 Å². The van der Waals surface area contributed by atoms with Gasteiger partial charge in [-0.05, 0) is 18.6 Å². The van der Waals surface area contributed by atoms with Crippen LogP contribution in [0.3, 0.4) is 0 Å². The Morgan fingerprint density at radius 3 is 2.88 bits per heavy atom. The highest BCUT2D eigenvalue weighted by atomic mass is 16.5. The van der Waals surface area contributed by atoms with Crippen LogP contribution in [0.5, 0.6) is 5.88 Å². The third kappa shape index (κ3) is 2.53. The third-order valence-corrected chi connectivity index (χ3v) is 2.56. The number of hydrogen-bond acceptors (Lipinski definition) is 3. The molecule has 0 aliphatic carbocycles. The monoisotopic (exact) mass is 231 g/mol. The lowest BCUT2D eigenvalue weighted by molar-refractivity contribution is -0.136. The van der Waals surface area contributed by atoms with Gasteiger partial charge >= 0.3 is 5.97 Å². The molecule has 1 aromatic heterocycles. The normalized spacial score (nSPS) is 10.4. The first-order chi connectivity index (χ1) is 8.20. The predicted octanol–water partition coefficient (Wildman–Crippen LogP) is 2.26. The maximum absolute atomic E-state index is 10.6. The first-order valence-corrected chi connectivity index (χ1v) is 5.35. The lowest BCUT2D eigenvalue weighted by Crippen LogP contribution is -2.01. The van der Waals surface area contributed by atoms with Crippen LogP contribution in [0.25, 0.3) is 10.9 Å². The molecule has 4 heteroatoms. The van der Waals surface area contributed by atoms with Crippen molar-refractivity contribution in [3.05, 3.63) is 35.9 Å². The van der Waals surface area contributed by atoms with Gasteiger partial charge in [-0.25, -0.2) is 4.98 Å². The molecule has 0 radical (unpaired) electrons. The standard InChI is InChI=1S/C13H13NO3/c1-17-13-10(6-7-12(15)16)8-9-4-2-3-5-11(9)14-13/h2-5,8H,6-7H2,1H3,(H,15,16). The molecule has 0 spiro atoms. The molecular formula is C13H13NO3. The highest BCUT2D eigenvalue weighted by Gasteiger charge is 2.08. The van der Waals surface area contributed by atoms with Gasteiger partial charge in [0.15, 0.2) is 0 Å². The van der Waals surface area contributed by atoms with Gasteiger partial charge < -0.3 is 9.84 Å². The fourth-order valence-electron chi connectivity index (χ4n) is 1.74. The highest BCUT2D eigenvalue weighted by Crippen LogP contribution is 2.23. The van der Waals surface area contributed by atoms with Crippen LogP contribution in [0.2, 0.25) is 0 Å². The molecule has 0 aliphatic rings. The molecule has 0 bridgehead atoms. The van der Waals surface area contributed by atoms with Crippen molar-refractivity contribution in [3.63, 3.8) is 0 Å². The van der Waals surface area contributed by atoms with E-state index in [9.17, 15) is 4.79 Å². The Morgan fingerprint density at radius 1 is 1.41 bits per heavy atom. The Labute approximate surface area is 98.9 Å². The summed E-state index contributed by atoms with van der Waals surface area (Å²) in [6, 6.07) is 9.62. The summed E-state index contributed by atoms with van der Waals surface area (Å²) in [5, 5.41) is 9.68. The van der Waals surface area contributed by atoms with Crippen LogP contribution >= 0.6 is 0 Å². The summed E-state index contributed by atoms with van der Waals surface area (Å²) >= 11 is 0.